The molecule has 4 unspecified atom stereocenters. The first kappa shape index (κ1) is 32.3. The topological polar surface area (TPSA) is 171 Å². The summed E-state index contributed by atoms with van der Waals surface area (Å²) in [4.78, 5) is 24.7. The molecule has 12 heteroatoms. The van der Waals surface area contributed by atoms with Gasteiger partial charge in [0.05, 0.1) is 24.7 Å². The summed E-state index contributed by atoms with van der Waals surface area (Å²) in [5, 5.41) is 57.1. The molecule has 1 heterocycles. The van der Waals surface area contributed by atoms with E-state index in [4.69, 9.17) is 4.74 Å². The van der Waals surface area contributed by atoms with Crippen LogP contribution in [-0.4, -0.2) is 87.6 Å². The van der Waals surface area contributed by atoms with Gasteiger partial charge >= 0.3 is 18.9 Å². The molecule has 1 fully saturated rings. The Morgan fingerprint density at radius 1 is 1.11 bits per heavy atom. The molecule has 0 aliphatic carbocycles. The molecule has 6 N–H and O–H groups in total. The van der Waals surface area contributed by atoms with Crippen LogP contribution in [0.15, 0.2) is 42.5 Å². The van der Waals surface area contributed by atoms with Gasteiger partial charge in [0, 0.05) is 12.1 Å². The van der Waals surface area contributed by atoms with Crippen molar-refractivity contribution in [2.75, 3.05) is 18.6 Å². The van der Waals surface area contributed by atoms with Crippen molar-refractivity contribution < 1.29 is 58.7 Å². The van der Waals surface area contributed by atoms with Gasteiger partial charge in [-0.2, -0.15) is 11.8 Å². The normalized spacial score (nSPS) is 23.8. The number of aliphatic carboxylic acids is 1. The molecule has 1 aliphatic rings. The molecule has 1 aliphatic heterocycles. The first-order chi connectivity index (χ1) is 17.7. The molecule has 10 nitrogen and oxygen atoms in total. The SMILES string of the molecule is CSCC[C@H](NC(=O)c1ccc(CNC2C(O)O[C@H](CO)C(O)C2O)cc1-c1ccccc1C)C(=O)[O-].[Li+]. The molecule has 1 saturated heterocycles. The van der Waals surface area contributed by atoms with Crippen molar-refractivity contribution in [3.05, 3.63) is 59.2 Å². The van der Waals surface area contributed by atoms with Gasteiger partial charge in [-0.3, -0.25) is 4.79 Å². The number of aryl methyl sites for hydroxylation is 1. The van der Waals surface area contributed by atoms with E-state index in [1.54, 1.807) is 18.2 Å². The number of benzene rings is 2. The third kappa shape index (κ3) is 7.82. The van der Waals surface area contributed by atoms with Crippen molar-refractivity contribution >= 4 is 23.6 Å². The van der Waals surface area contributed by atoms with Gasteiger partial charge in [-0.25, -0.2) is 0 Å². The third-order valence-electron chi connectivity index (χ3n) is 6.41. The summed E-state index contributed by atoms with van der Waals surface area (Å²) in [5.74, 6) is -1.35. The molecule has 2 aromatic carbocycles. The van der Waals surface area contributed by atoms with E-state index < -0.39 is 55.2 Å². The smallest absolute Gasteiger partial charge is 0.548 e. The zero-order valence-corrected chi connectivity index (χ0v) is 22.5. The van der Waals surface area contributed by atoms with E-state index in [1.807, 2.05) is 37.4 Å². The van der Waals surface area contributed by atoms with Crippen molar-refractivity contribution in [1.29, 1.82) is 0 Å². The van der Waals surface area contributed by atoms with Gasteiger partial charge in [-0.1, -0.05) is 30.3 Å². The maximum absolute atomic E-state index is 13.2. The minimum absolute atomic E-state index is 0. The fourth-order valence-corrected chi connectivity index (χ4v) is 4.74. The van der Waals surface area contributed by atoms with Crippen LogP contribution in [0.1, 0.15) is 27.9 Å². The summed E-state index contributed by atoms with van der Waals surface area (Å²) in [5.41, 5.74) is 3.26. The second-order valence-corrected chi connectivity index (χ2v) is 9.94. The first-order valence-electron chi connectivity index (χ1n) is 11.9. The average molecular weight is 541 g/mol. The number of hydrogen-bond acceptors (Lipinski definition) is 10. The molecule has 0 aromatic heterocycles. The number of carbonyl (C=O) groups excluding carboxylic acids is 2. The summed E-state index contributed by atoms with van der Waals surface area (Å²) < 4.78 is 5.19. The molecular formula is C26H33LiN2O8S. The predicted octanol–water partition coefficient (Wildman–Crippen LogP) is -3.84. The Kier molecular flexibility index (Phi) is 12.8. The summed E-state index contributed by atoms with van der Waals surface area (Å²) in [6.45, 7) is 1.49. The van der Waals surface area contributed by atoms with E-state index in [2.05, 4.69) is 10.6 Å². The fraction of sp³-hybridized carbons (Fsp3) is 0.462. The van der Waals surface area contributed by atoms with E-state index in [0.29, 0.717) is 16.9 Å². The van der Waals surface area contributed by atoms with Crippen LogP contribution in [0.25, 0.3) is 11.1 Å². The number of carboxylic acid groups (broad SMARTS) is 1. The Labute approximate surface area is 238 Å². The van der Waals surface area contributed by atoms with Crippen molar-refractivity contribution in [2.45, 2.75) is 56.6 Å². The molecule has 2 aromatic rings. The van der Waals surface area contributed by atoms with Gasteiger partial charge in [0.25, 0.3) is 5.91 Å². The van der Waals surface area contributed by atoms with Gasteiger partial charge in [0.1, 0.15) is 18.3 Å². The quantitative estimate of drug-likeness (QED) is 0.155. The number of carboxylic acids is 1. The number of thioether (sulfide) groups is 1. The van der Waals surface area contributed by atoms with E-state index in [-0.39, 0.29) is 37.4 Å². The molecule has 38 heavy (non-hydrogen) atoms. The van der Waals surface area contributed by atoms with E-state index in [9.17, 15) is 35.1 Å². The number of amides is 1. The molecule has 0 radical (unpaired) electrons. The first-order valence-corrected chi connectivity index (χ1v) is 13.3. The van der Waals surface area contributed by atoms with Crippen LogP contribution in [0.3, 0.4) is 0 Å². The van der Waals surface area contributed by atoms with Crippen LogP contribution >= 0.6 is 11.8 Å². The fourth-order valence-electron chi connectivity index (χ4n) is 4.27. The largest absolute Gasteiger partial charge is 1.00 e. The minimum Gasteiger partial charge on any atom is -0.548 e. The Hall–Kier alpha value is -1.91. The second kappa shape index (κ2) is 15.0. The van der Waals surface area contributed by atoms with Crippen LogP contribution in [0.5, 0.6) is 0 Å². The maximum Gasteiger partial charge on any atom is 1.00 e. The van der Waals surface area contributed by atoms with Gasteiger partial charge in [-0.15, -0.1) is 0 Å². The molecule has 0 saturated carbocycles. The molecule has 0 spiro atoms. The third-order valence-corrected chi connectivity index (χ3v) is 7.05. The molecule has 202 valence electrons. The van der Waals surface area contributed by atoms with Gasteiger partial charge in [0.2, 0.25) is 0 Å². The van der Waals surface area contributed by atoms with Crippen molar-refractivity contribution in [1.82, 2.24) is 10.6 Å². The zero-order valence-electron chi connectivity index (χ0n) is 21.7. The van der Waals surface area contributed by atoms with Gasteiger partial charge < -0.3 is 45.7 Å². The number of aliphatic hydroxyl groups is 4. The number of carbonyl (C=O) groups is 2. The zero-order chi connectivity index (χ0) is 27.1. The van der Waals surface area contributed by atoms with Crippen molar-refractivity contribution in [3.8, 4) is 11.1 Å². The molecular weight excluding hydrogens is 507 g/mol. The number of hydrogen-bond donors (Lipinski definition) is 6. The number of ether oxygens (including phenoxy) is 1. The number of nitrogens with one attached hydrogen (secondary N) is 2. The summed E-state index contributed by atoms with van der Waals surface area (Å²) in [7, 11) is 0. The molecule has 0 bridgehead atoms. The minimum atomic E-state index is -1.46. The predicted molar refractivity (Wildman–Crippen MR) is 136 cm³/mol. The average Bonchev–Trinajstić information content (AvgIpc) is 2.88. The standard InChI is InChI=1S/C26H34N2O8S.Li/c1-14-5-3-4-6-16(14)18-11-15(12-27-21-23(31)22(30)20(13-29)36-26(21)35)7-8-17(18)24(32)28-19(25(33)34)9-10-37-2;/h3-8,11,19-23,26-27,29-31,35H,9-10,12-13H2,1-2H3,(H,28,32)(H,33,34);/q;+1/p-1/t19-,20+,21?,22?,23?,26?;/m0./s1. The van der Waals surface area contributed by atoms with E-state index in [0.717, 1.165) is 11.1 Å². The molecule has 1 amide bonds. The summed E-state index contributed by atoms with van der Waals surface area (Å²) >= 11 is 1.47. The summed E-state index contributed by atoms with van der Waals surface area (Å²) in [6, 6.07) is 10.3. The van der Waals surface area contributed by atoms with Crippen LogP contribution in [0.4, 0.5) is 0 Å². The van der Waals surface area contributed by atoms with Crippen molar-refractivity contribution in [2.24, 2.45) is 0 Å². The Morgan fingerprint density at radius 3 is 2.45 bits per heavy atom. The van der Waals surface area contributed by atoms with E-state index in [1.165, 1.54) is 11.8 Å². The van der Waals surface area contributed by atoms with Crippen LogP contribution in [-0.2, 0) is 16.1 Å². The molecule has 6 atom stereocenters. The second-order valence-electron chi connectivity index (χ2n) is 8.96. The summed E-state index contributed by atoms with van der Waals surface area (Å²) in [6.07, 6.45) is -3.26. The van der Waals surface area contributed by atoms with E-state index >= 15 is 0 Å². The Balaban J connectivity index is 0.00000507. The Morgan fingerprint density at radius 2 is 1.82 bits per heavy atom. The Bertz CT molecular complexity index is 1090. The molecule has 3 rings (SSSR count). The van der Waals surface area contributed by atoms with Gasteiger partial charge in [-0.05, 0) is 59.7 Å². The number of aliphatic hydroxyl groups excluding tert-OH is 4. The van der Waals surface area contributed by atoms with Crippen molar-refractivity contribution in [3.63, 3.8) is 0 Å². The van der Waals surface area contributed by atoms with Crippen LogP contribution in [0.2, 0.25) is 0 Å². The number of rotatable bonds is 11. The maximum atomic E-state index is 13.2. The van der Waals surface area contributed by atoms with Crippen LogP contribution < -0.4 is 34.6 Å². The van der Waals surface area contributed by atoms with Crippen LogP contribution in [0, 0.1) is 6.92 Å². The monoisotopic (exact) mass is 540 g/mol. The van der Waals surface area contributed by atoms with Gasteiger partial charge in [0.15, 0.2) is 6.29 Å².